The number of nitrogens with zero attached hydrogens (tertiary/aromatic N) is 4. The van der Waals surface area contributed by atoms with Crippen LogP contribution >= 0.6 is 0 Å². The van der Waals surface area contributed by atoms with Gasteiger partial charge in [0.15, 0.2) is 11.5 Å². The molecule has 1 unspecified atom stereocenters. The summed E-state index contributed by atoms with van der Waals surface area (Å²) in [5.74, 6) is 0.911. The van der Waals surface area contributed by atoms with Crippen molar-refractivity contribution >= 4 is 17.0 Å². The molecule has 19 heavy (non-hydrogen) atoms. The van der Waals surface area contributed by atoms with Crippen LogP contribution in [0.2, 0.25) is 0 Å². The second-order valence-corrected chi connectivity index (χ2v) is 4.53. The predicted molar refractivity (Wildman–Crippen MR) is 72.2 cm³/mol. The minimum Gasteiger partial charge on any atom is -0.377 e. The van der Waals surface area contributed by atoms with Crippen LogP contribution < -0.4 is 10.2 Å². The standard InChI is InChI=1S/C12H18N6O/c1-2-13-5-9-6-19-4-3-18(9)12-10-11(15-7-14-10)16-8-17-12/h7-9,13H,2-6H2,1H3,(H,14,15,16,17). The number of morpholine rings is 1. The second-order valence-electron chi connectivity index (χ2n) is 4.53. The molecule has 0 aromatic carbocycles. The van der Waals surface area contributed by atoms with Gasteiger partial charge in [-0.15, -0.1) is 0 Å². The third-order valence-corrected chi connectivity index (χ3v) is 3.33. The van der Waals surface area contributed by atoms with Crippen molar-refractivity contribution < 1.29 is 4.74 Å². The zero-order valence-corrected chi connectivity index (χ0v) is 11.0. The Hall–Kier alpha value is -1.73. The second kappa shape index (κ2) is 5.50. The largest absolute Gasteiger partial charge is 0.377 e. The molecule has 3 rings (SSSR count). The first-order chi connectivity index (χ1) is 9.40. The highest BCUT2D eigenvalue weighted by molar-refractivity contribution is 5.82. The quantitative estimate of drug-likeness (QED) is 0.817. The van der Waals surface area contributed by atoms with Crippen molar-refractivity contribution in [1.82, 2.24) is 25.3 Å². The van der Waals surface area contributed by atoms with Crippen LogP contribution in [0.1, 0.15) is 6.92 Å². The van der Waals surface area contributed by atoms with Crippen molar-refractivity contribution in [3.8, 4) is 0 Å². The molecule has 7 nitrogen and oxygen atoms in total. The lowest BCUT2D eigenvalue weighted by atomic mass is 10.2. The molecule has 2 aromatic heterocycles. The van der Waals surface area contributed by atoms with Crippen LogP contribution in [0.25, 0.3) is 11.2 Å². The molecule has 0 bridgehead atoms. The number of hydrogen-bond donors (Lipinski definition) is 2. The summed E-state index contributed by atoms with van der Waals surface area (Å²) in [5.41, 5.74) is 1.60. The van der Waals surface area contributed by atoms with Gasteiger partial charge in [-0.2, -0.15) is 0 Å². The van der Waals surface area contributed by atoms with Gasteiger partial charge in [0.05, 0.1) is 25.6 Å². The number of nitrogens with one attached hydrogen (secondary N) is 2. The minimum atomic E-state index is 0.287. The third-order valence-electron chi connectivity index (χ3n) is 3.33. The number of likely N-dealkylation sites (N-methyl/N-ethyl adjacent to an activating group) is 1. The Morgan fingerprint density at radius 3 is 3.32 bits per heavy atom. The van der Waals surface area contributed by atoms with Gasteiger partial charge >= 0.3 is 0 Å². The number of hydrogen-bond acceptors (Lipinski definition) is 6. The summed E-state index contributed by atoms with van der Waals surface area (Å²) in [6.45, 7) is 6.21. The minimum absolute atomic E-state index is 0.287. The third kappa shape index (κ3) is 2.39. The molecule has 0 aliphatic carbocycles. The fourth-order valence-corrected chi connectivity index (χ4v) is 2.38. The fourth-order valence-electron chi connectivity index (χ4n) is 2.38. The topological polar surface area (TPSA) is 79.0 Å². The summed E-state index contributed by atoms with van der Waals surface area (Å²) >= 11 is 0. The molecule has 1 fully saturated rings. The number of fused-ring (bicyclic) bond motifs is 1. The normalized spacial score (nSPS) is 20.1. The first kappa shape index (κ1) is 12.3. The van der Waals surface area contributed by atoms with Crippen molar-refractivity contribution in [2.24, 2.45) is 0 Å². The Bertz CT molecular complexity index is 542. The van der Waals surface area contributed by atoms with Crippen molar-refractivity contribution in [1.29, 1.82) is 0 Å². The van der Waals surface area contributed by atoms with Gasteiger partial charge in [-0.05, 0) is 6.54 Å². The van der Waals surface area contributed by atoms with E-state index in [1.165, 1.54) is 0 Å². The van der Waals surface area contributed by atoms with E-state index in [0.29, 0.717) is 12.3 Å². The fraction of sp³-hybridized carbons (Fsp3) is 0.583. The van der Waals surface area contributed by atoms with E-state index in [0.717, 1.165) is 37.6 Å². The highest BCUT2D eigenvalue weighted by Crippen LogP contribution is 2.23. The lowest BCUT2D eigenvalue weighted by Crippen LogP contribution is -2.51. The molecule has 2 N–H and O–H groups in total. The molecular formula is C12H18N6O. The highest BCUT2D eigenvalue weighted by Gasteiger charge is 2.25. The first-order valence-corrected chi connectivity index (χ1v) is 6.59. The molecule has 1 atom stereocenters. The summed E-state index contributed by atoms with van der Waals surface area (Å²) in [6, 6.07) is 0.287. The monoisotopic (exact) mass is 262 g/mol. The number of anilines is 1. The van der Waals surface area contributed by atoms with E-state index in [-0.39, 0.29) is 6.04 Å². The number of rotatable bonds is 4. The summed E-state index contributed by atoms with van der Waals surface area (Å²) < 4.78 is 5.57. The SMILES string of the molecule is CCNCC1COCCN1c1ncnc2nc[nH]c12. The highest BCUT2D eigenvalue weighted by atomic mass is 16.5. The van der Waals surface area contributed by atoms with E-state index in [9.17, 15) is 0 Å². The van der Waals surface area contributed by atoms with E-state index in [4.69, 9.17) is 4.74 Å². The van der Waals surface area contributed by atoms with E-state index < -0.39 is 0 Å². The Labute approximate surface area is 111 Å². The molecule has 0 amide bonds. The number of ether oxygens (including phenoxy) is 1. The van der Waals surface area contributed by atoms with Crippen molar-refractivity contribution in [2.75, 3.05) is 37.7 Å². The lowest BCUT2D eigenvalue weighted by molar-refractivity contribution is 0.0936. The molecule has 1 saturated heterocycles. The van der Waals surface area contributed by atoms with Gasteiger partial charge in [0, 0.05) is 13.1 Å². The first-order valence-electron chi connectivity index (χ1n) is 6.59. The van der Waals surface area contributed by atoms with Crippen molar-refractivity contribution in [3.05, 3.63) is 12.7 Å². The van der Waals surface area contributed by atoms with Crippen LogP contribution in [-0.4, -0.2) is 58.8 Å². The van der Waals surface area contributed by atoms with E-state index in [1.807, 2.05) is 0 Å². The average Bonchev–Trinajstić information content (AvgIpc) is 2.94. The predicted octanol–water partition coefficient (Wildman–Crippen LogP) is 0.168. The van der Waals surface area contributed by atoms with E-state index >= 15 is 0 Å². The number of H-pyrrole nitrogens is 1. The maximum absolute atomic E-state index is 5.57. The smallest absolute Gasteiger partial charge is 0.182 e. The van der Waals surface area contributed by atoms with Crippen LogP contribution in [0.3, 0.4) is 0 Å². The van der Waals surface area contributed by atoms with Gasteiger partial charge < -0.3 is 19.9 Å². The van der Waals surface area contributed by atoms with Gasteiger partial charge in [0.25, 0.3) is 0 Å². The van der Waals surface area contributed by atoms with Gasteiger partial charge in [-0.3, -0.25) is 0 Å². The molecule has 7 heteroatoms. The number of imidazole rings is 1. The van der Waals surface area contributed by atoms with Gasteiger partial charge in [-0.25, -0.2) is 15.0 Å². The average molecular weight is 262 g/mol. The Morgan fingerprint density at radius 2 is 2.42 bits per heavy atom. The number of aromatic amines is 1. The van der Waals surface area contributed by atoms with Gasteiger partial charge in [0.1, 0.15) is 11.8 Å². The van der Waals surface area contributed by atoms with E-state index in [2.05, 4.69) is 37.1 Å². The zero-order chi connectivity index (χ0) is 13.1. The molecular weight excluding hydrogens is 244 g/mol. The maximum atomic E-state index is 5.57. The summed E-state index contributed by atoms with van der Waals surface area (Å²) in [5, 5.41) is 3.37. The molecule has 3 heterocycles. The van der Waals surface area contributed by atoms with E-state index in [1.54, 1.807) is 12.7 Å². The zero-order valence-electron chi connectivity index (χ0n) is 11.0. The summed E-state index contributed by atoms with van der Waals surface area (Å²) in [6.07, 6.45) is 3.22. The van der Waals surface area contributed by atoms with Crippen LogP contribution in [0.4, 0.5) is 5.82 Å². The van der Waals surface area contributed by atoms with Crippen LogP contribution in [0.15, 0.2) is 12.7 Å². The van der Waals surface area contributed by atoms with Crippen molar-refractivity contribution in [2.45, 2.75) is 13.0 Å². The molecule has 0 spiro atoms. The van der Waals surface area contributed by atoms with Gasteiger partial charge in [-0.1, -0.05) is 6.92 Å². The molecule has 102 valence electrons. The lowest BCUT2D eigenvalue weighted by Gasteiger charge is -2.36. The summed E-state index contributed by atoms with van der Waals surface area (Å²) in [7, 11) is 0. The van der Waals surface area contributed by atoms with Crippen LogP contribution in [-0.2, 0) is 4.74 Å². The van der Waals surface area contributed by atoms with Gasteiger partial charge in [0.2, 0.25) is 0 Å². The molecule has 0 radical (unpaired) electrons. The van der Waals surface area contributed by atoms with Crippen molar-refractivity contribution in [3.63, 3.8) is 0 Å². The van der Waals surface area contributed by atoms with Crippen LogP contribution in [0, 0.1) is 0 Å². The molecule has 0 saturated carbocycles. The Balaban J connectivity index is 1.91. The Kier molecular flexibility index (Phi) is 3.56. The number of aromatic nitrogens is 4. The maximum Gasteiger partial charge on any atom is 0.182 e. The molecule has 2 aromatic rings. The molecule has 1 aliphatic heterocycles. The molecule has 1 aliphatic rings. The Morgan fingerprint density at radius 1 is 1.47 bits per heavy atom. The van der Waals surface area contributed by atoms with Crippen LogP contribution in [0.5, 0.6) is 0 Å². The summed E-state index contributed by atoms with van der Waals surface area (Å²) in [4.78, 5) is 18.2.